The van der Waals surface area contributed by atoms with E-state index in [1.165, 1.54) is 16.0 Å². The number of thiazole rings is 1. The Morgan fingerprint density at radius 1 is 1.30 bits per heavy atom. The highest BCUT2D eigenvalue weighted by Gasteiger charge is 2.21. The number of carbonyl (C=O) groups is 1. The van der Waals surface area contributed by atoms with Crippen molar-refractivity contribution in [1.29, 1.82) is 0 Å². The first-order valence-corrected chi connectivity index (χ1v) is 6.75. The lowest BCUT2D eigenvalue weighted by atomic mass is 10.1. The number of hydrogen-bond acceptors (Lipinski definition) is 5. The molecule has 1 N–H and O–H groups in total. The fourth-order valence-corrected chi connectivity index (χ4v) is 2.50. The van der Waals surface area contributed by atoms with E-state index in [-0.39, 0.29) is 5.69 Å². The Labute approximate surface area is 118 Å². The highest BCUT2D eigenvalue weighted by molar-refractivity contribution is 7.12. The third-order valence-electron chi connectivity index (χ3n) is 2.78. The van der Waals surface area contributed by atoms with Crippen LogP contribution < -0.4 is 0 Å². The summed E-state index contributed by atoms with van der Waals surface area (Å²) in [6.45, 7) is 0. The lowest BCUT2D eigenvalue weighted by Gasteiger charge is -2.04. The van der Waals surface area contributed by atoms with Crippen LogP contribution in [0.4, 0.5) is 0 Å². The van der Waals surface area contributed by atoms with Gasteiger partial charge in [-0.05, 0) is 5.56 Å². The van der Waals surface area contributed by atoms with Crippen molar-refractivity contribution >= 4 is 17.3 Å². The van der Waals surface area contributed by atoms with Gasteiger partial charge in [0.1, 0.15) is 0 Å². The summed E-state index contributed by atoms with van der Waals surface area (Å²) in [5.74, 6) is -1.08. The molecule has 7 heteroatoms. The molecule has 0 amide bonds. The Kier molecular flexibility index (Phi) is 3.26. The topological polar surface area (TPSA) is 80.9 Å². The van der Waals surface area contributed by atoms with Crippen LogP contribution >= 0.6 is 11.3 Å². The van der Waals surface area contributed by atoms with E-state index in [0.29, 0.717) is 17.2 Å². The molecule has 100 valence electrons. The summed E-state index contributed by atoms with van der Waals surface area (Å²) >= 11 is 1.38. The average Bonchev–Trinajstić information content (AvgIpc) is 3.08. The van der Waals surface area contributed by atoms with Gasteiger partial charge in [-0.25, -0.2) is 9.78 Å². The molecule has 0 radical (unpaired) electrons. The molecule has 0 saturated carbocycles. The smallest absolute Gasteiger partial charge is 0.358 e. The van der Waals surface area contributed by atoms with Gasteiger partial charge in [0.05, 0.1) is 5.69 Å². The van der Waals surface area contributed by atoms with E-state index in [1.54, 1.807) is 6.20 Å². The molecule has 0 aliphatic rings. The number of carboxylic acid groups (broad SMARTS) is 1. The Morgan fingerprint density at radius 3 is 2.75 bits per heavy atom. The fourth-order valence-electron chi connectivity index (χ4n) is 1.89. The summed E-state index contributed by atoms with van der Waals surface area (Å²) in [5, 5.41) is 19.3. The molecular weight excluding hydrogens is 276 g/mol. The SMILES string of the molecule is O=C(O)c1nnn(-c2nccs2)c1Cc1ccccc1. The molecule has 0 fully saturated rings. The number of carboxylic acids is 1. The Hall–Kier alpha value is -2.54. The van der Waals surface area contributed by atoms with Crippen molar-refractivity contribution in [3.8, 4) is 5.13 Å². The van der Waals surface area contributed by atoms with Crippen molar-refractivity contribution in [2.24, 2.45) is 0 Å². The van der Waals surface area contributed by atoms with Crippen molar-refractivity contribution in [3.63, 3.8) is 0 Å². The van der Waals surface area contributed by atoms with Crippen LogP contribution in [0.25, 0.3) is 5.13 Å². The van der Waals surface area contributed by atoms with Crippen LogP contribution in [-0.2, 0) is 6.42 Å². The number of hydrogen-bond donors (Lipinski definition) is 1. The first-order chi connectivity index (χ1) is 9.75. The van der Waals surface area contributed by atoms with Crippen LogP contribution in [0.15, 0.2) is 41.9 Å². The monoisotopic (exact) mass is 286 g/mol. The number of aromatic nitrogens is 4. The molecule has 6 nitrogen and oxygen atoms in total. The maximum Gasteiger partial charge on any atom is 0.358 e. The van der Waals surface area contributed by atoms with Crippen molar-refractivity contribution in [3.05, 3.63) is 58.9 Å². The van der Waals surface area contributed by atoms with Crippen LogP contribution in [0.2, 0.25) is 0 Å². The predicted molar refractivity (Wildman–Crippen MR) is 73.2 cm³/mol. The van der Waals surface area contributed by atoms with Gasteiger partial charge in [-0.15, -0.1) is 16.4 Å². The van der Waals surface area contributed by atoms with E-state index in [2.05, 4.69) is 15.3 Å². The zero-order chi connectivity index (χ0) is 13.9. The van der Waals surface area contributed by atoms with E-state index in [1.807, 2.05) is 35.7 Å². The lowest BCUT2D eigenvalue weighted by Crippen LogP contribution is -2.07. The van der Waals surface area contributed by atoms with Gasteiger partial charge in [-0.1, -0.05) is 35.5 Å². The molecule has 3 aromatic rings. The Morgan fingerprint density at radius 2 is 2.10 bits per heavy atom. The van der Waals surface area contributed by atoms with E-state index >= 15 is 0 Å². The second-order valence-electron chi connectivity index (χ2n) is 4.08. The molecule has 0 saturated heterocycles. The number of aromatic carboxylic acids is 1. The summed E-state index contributed by atoms with van der Waals surface area (Å²) in [6.07, 6.45) is 2.09. The normalized spacial score (nSPS) is 10.6. The molecule has 0 spiro atoms. The standard InChI is InChI=1S/C13H10N4O2S/c18-12(19)11-10(8-9-4-2-1-3-5-9)17(16-15-11)13-14-6-7-20-13/h1-7H,8H2,(H,18,19). The average molecular weight is 286 g/mol. The van der Waals surface area contributed by atoms with Gasteiger partial charge >= 0.3 is 5.97 Å². The molecule has 0 unspecified atom stereocenters. The van der Waals surface area contributed by atoms with Crippen LogP contribution in [0.3, 0.4) is 0 Å². The molecular formula is C13H10N4O2S. The van der Waals surface area contributed by atoms with Crippen molar-refractivity contribution < 1.29 is 9.90 Å². The number of rotatable bonds is 4. The molecule has 0 aliphatic carbocycles. The molecule has 0 aliphatic heterocycles. The summed E-state index contributed by atoms with van der Waals surface area (Å²) in [6, 6.07) is 9.61. The van der Waals surface area contributed by atoms with Gasteiger partial charge < -0.3 is 5.11 Å². The first-order valence-electron chi connectivity index (χ1n) is 5.87. The third-order valence-corrected chi connectivity index (χ3v) is 3.53. The minimum atomic E-state index is -1.08. The molecule has 1 aromatic carbocycles. The quantitative estimate of drug-likeness (QED) is 0.793. The minimum Gasteiger partial charge on any atom is -0.476 e. The maximum absolute atomic E-state index is 11.3. The summed E-state index contributed by atoms with van der Waals surface area (Å²) < 4.78 is 1.49. The maximum atomic E-state index is 11.3. The van der Waals surface area contributed by atoms with Gasteiger partial charge in [-0.2, -0.15) is 4.68 Å². The summed E-state index contributed by atoms with van der Waals surface area (Å²) in [7, 11) is 0. The Bertz CT molecular complexity index is 722. The van der Waals surface area contributed by atoms with Gasteiger partial charge in [-0.3, -0.25) is 0 Å². The second kappa shape index (κ2) is 5.22. The second-order valence-corrected chi connectivity index (χ2v) is 4.95. The van der Waals surface area contributed by atoms with E-state index in [4.69, 9.17) is 0 Å². The lowest BCUT2D eigenvalue weighted by molar-refractivity contribution is 0.0689. The molecule has 3 rings (SSSR count). The van der Waals surface area contributed by atoms with Gasteiger partial charge in [0.2, 0.25) is 5.13 Å². The fraction of sp³-hybridized carbons (Fsp3) is 0.0769. The van der Waals surface area contributed by atoms with E-state index in [0.717, 1.165) is 5.56 Å². The molecule has 0 atom stereocenters. The van der Waals surface area contributed by atoms with Crippen LogP contribution in [-0.4, -0.2) is 31.1 Å². The number of benzene rings is 1. The molecule has 0 bridgehead atoms. The van der Waals surface area contributed by atoms with Gasteiger partial charge in [0, 0.05) is 18.0 Å². The molecule has 20 heavy (non-hydrogen) atoms. The summed E-state index contributed by atoms with van der Waals surface area (Å²) in [5.41, 5.74) is 1.48. The third kappa shape index (κ3) is 2.30. The number of nitrogens with zero attached hydrogens (tertiary/aromatic N) is 4. The minimum absolute atomic E-state index is 0.0379. The van der Waals surface area contributed by atoms with Gasteiger partial charge in [0.25, 0.3) is 0 Å². The van der Waals surface area contributed by atoms with E-state index in [9.17, 15) is 9.90 Å². The highest BCUT2D eigenvalue weighted by Crippen LogP contribution is 2.18. The Balaban J connectivity index is 2.07. The van der Waals surface area contributed by atoms with Crippen molar-refractivity contribution in [1.82, 2.24) is 20.0 Å². The van der Waals surface area contributed by atoms with E-state index < -0.39 is 5.97 Å². The van der Waals surface area contributed by atoms with Crippen molar-refractivity contribution in [2.75, 3.05) is 0 Å². The first kappa shape index (κ1) is 12.5. The largest absolute Gasteiger partial charge is 0.476 e. The predicted octanol–water partition coefficient (Wildman–Crippen LogP) is 2.01. The van der Waals surface area contributed by atoms with Crippen LogP contribution in [0.5, 0.6) is 0 Å². The molecule has 2 aromatic heterocycles. The zero-order valence-corrected chi connectivity index (χ0v) is 11.1. The van der Waals surface area contributed by atoms with Crippen LogP contribution in [0.1, 0.15) is 21.7 Å². The van der Waals surface area contributed by atoms with Crippen molar-refractivity contribution in [2.45, 2.75) is 6.42 Å². The molecule has 2 heterocycles. The van der Waals surface area contributed by atoms with Gasteiger partial charge in [0.15, 0.2) is 5.69 Å². The van der Waals surface area contributed by atoms with Crippen LogP contribution in [0, 0.1) is 0 Å². The summed E-state index contributed by atoms with van der Waals surface area (Å²) in [4.78, 5) is 15.4. The zero-order valence-electron chi connectivity index (χ0n) is 10.3. The highest BCUT2D eigenvalue weighted by atomic mass is 32.1.